The van der Waals surface area contributed by atoms with E-state index in [4.69, 9.17) is 9.15 Å². The van der Waals surface area contributed by atoms with Gasteiger partial charge >= 0.3 is 5.63 Å². The number of rotatable bonds is 3. The smallest absolute Gasteiger partial charge is 0.336 e. The van der Waals surface area contributed by atoms with Gasteiger partial charge in [-0.1, -0.05) is 0 Å². The third kappa shape index (κ3) is 2.83. The third-order valence-corrected chi connectivity index (χ3v) is 3.23. The summed E-state index contributed by atoms with van der Waals surface area (Å²) in [6, 6.07) is 14.9. The molecule has 110 valence electrons. The number of carbonyl (C=O) groups excluding carboxylic acids is 1. The first kappa shape index (κ1) is 13.9. The molecule has 0 radical (unpaired) electrons. The number of benzene rings is 2. The second-order valence-corrected chi connectivity index (χ2v) is 4.69. The molecule has 0 aliphatic carbocycles. The summed E-state index contributed by atoms with van der Waals surface area (Å²) in [5, 5.41) is 3.55. The van der Waals surface area contributed by atoms with E-state index in [1.54, 1.807) is 55.6 Å². The lowest BCUT2D eigenvalue weighted by Gasteiger charge is -2.07. The maximum absolute atomic E-state index is 12.2. The van der Waals surface area contributed by atoms with Crippen LogP contribution in [0.4, 0.5) is 5.69 Å². The van der Waals surface area contributed by atoms with Gasteiger partial charge in [0.2, 0.25) is 0 Å². The van der Waals surface area contributed by atoms with E-state index in [0.717, 1.165) is 5.39 Å². The number of hydrogen-bond donors (Lipinski definition) is 1. The molecule has 0 bridgehead atoms. The summed E-state index contributed by atoms with van der Waals surface area (Å²) in [6.45, 7) is 0. The average Bonchev–Trinajstić information content (AvgIpc) is 2.55. The van der Waals surface area contributed by atoms with Crippen LogP contribution in [0.2, 0.25) is 0 Å². The zero-order chi connectivity index (χ0) is 15.5. The minimum absolute atomic E-state index is 0.223. The Morgan fingerprint density at radius 1 is 1.05 bits per heavy atom. The number of methoxy groups -OCH3 is 1. The summed E-state index contributed by atoms with van der Waals surface area (Å²) < 4.78 is 10.1. The van der Waals surface area contributed by atoms with E-state index in [0.29, 0.717) is 22.6 Å². The molecule has 0 aliphatic heterocycles. The van der Waals surface area contributed by atoms with Crippen molar-refractivity contribution in [1.29, 1.82) is 0 Å². The highest BCUT2D eigenvalue weighted by Crippen LogP contribution is 2.19. The van der Waals surface area contributed by atoms with Gasteiger partial charge in [0.1, 0.15) is 11.3 Å². The molecule has 0 atom stereocenters. The maximum Gasteiger partial charge on any atom is 0.336 e. The van der Waals surface area contributed by atoms with Gasteiger partial charge in [0.15, 0.2) is 0 Å². The molecule has 0 spiro atoms. The van der Waals surface area contributed by atoms with Crippen LogP contribution < -0.4 is 15.7 Å². The first-order chi connectivity index (χ1) is 10.7. The van der Waals surface area contributed by atoms with Gasteiger partial charge in [-0.2, -0.15) is 0 Å². The van der Waals surface area contributed by atoms with Crippen molar-refractivity contribution < 1.29 is 13.9 Å². The lowest BCUT2D eigenvalue weighted by atomic mass is 10.2. The molecule has 1 amide bonds. The van der Waals surface area contributed by atoms with Crippen LogP contribution in [-0.2, 0) is 0 Å². The normalized spacial score (nSPS) is 10.4. The number of nitrogens with one attached hydrogen (secondary N) is 1. The Labute approximate surface area is 126 Å². The molecule has 0 unspecified atom stereocenters. The molecule has 3 aromatic rings. The Kier molecular flexibility index (Phi) is 3.62. The molecule has 5 heteroatoms. The van der Waals surface area contributed by atoms with Gasteiger partial charge in [0.05, 0.1) is 7.11 Å². The molecule has 0 aliphatic rings. The van der Waals surface area contributed by atoms with Crippen molar-refractivity contribution in [3.05, 3.63) is 70.6 Å². The molecule has 0 saturated carbocycles. The second-order valence-electron chi connectivity index (χ2n) is 4.69. The predicted octanol–water partition coefficient (Wildman–Crippen LogP) is 3.05. The third-order valence-electron chi connectivity index (χ3n) is 3.23. The van der Waals surface area contributed by atoms with E-state index in [1.165, 1.54) is 6.07 Å². The van der Waals surface area contributed by atoms with Crippen molar-refractivity contribution in [2.45, 2.75) is 0 Å². The summed E-state index contributed by atoms with van der Waals surface area (Å²) >= 11 is 0. The Hall–Kier alpha value is -3.08. The number of amides is 1. The summed E-state index contributed by atoms with van der Waals surface area (Å²) in [5.74, 6) is 0.469. The van der Waals surface area contributed by atoms with Crippen molar-refractivity contribution in [3.63, 3.8) is 0 Å². The minimum Gasteiger partial charge on any atom is -0.497 e. The van der Waals surface area contributed by atoms with Gasteiger partial charge in [0, 0.05) is 22.7 Å². The summed E-state index contributed by atoms with van der Waals surface area (Å²) in [5.41, 5.74) is 1.24. The zero-order valence-electron chi connectivity index (χ0n) is 11.8. The van der Waals surface area contributed by atoms with E-state index in [2.05, 4.69) is 5.32 Å². The molecule has 5 nitrogen and oxygen atoms in total. The van der Waals surface area contributed by atoms with Gasteiger partial charge in [-0.25, -0.2) is 4.79 Å². The highest BCUT2D eigenvalue weighted by molar-refractivity contribution is 6.05. The van der Waals surface area contributed by atoms with Gasteiger partial charge in [-0.15, -0.1) is 0 Å². The van der Waals surface area contributed by atoms with Crippen LogP contribution in [0.1, 0.15) is 10.4 Å². The highest BCUT2D eigenvalue weighted by Gasteiger charge is 2.07. The molecule has 3 rings (SSSR count). The lowest BCUT2D eigenvalue weighted by molar-refractivity contribution is 0.102. The molecule has 1 aromatic heterocycles. The van der Waals surface area contributed by atoms with Gasteiger partial charge in [-0.05, 0) is 48.5 Å². The van der Waals surface area contributed by atoms with Gasteiger partial charge in [0.25, 0.3) is 5.91 Å². The van der Waals surface area contributed by atoms with Crippen molar-refractivity contribution >= 4 is 22.6 Å². The summed E-state index contributed by atoms with van der Waals surface area (Å²) in [7, 11) is 1.57. The van der Waals surface area contributed by atoms with E-state index in [-0.39, 0.29) is 5.91 Å². The van der Waals surface area contributed by atoms with Gasteiger partial charge < -0.3 is 14.5 Å². The van der Waals surface area contributed by atoms with Crippen molar-refractivity contribution in [2.24, 2.45) is 0 Å². The molecule has 0 fully saturated rings. The molecule has 1 N–H and O–H groups in total. The lowest BCUT2D eigenvalue weighted by Crippen LogP contribution is -2.11. The standard InChI is InChI=1S/C17H13NO4/c1-21-14-6-2-11(3-7-14)17(20)18-13-5-8-15-12(10-13)4-9-16(19)22-15/h2-10H,1H3,(H,18,20). The number of anilines is 1. The number of hydrogen-bond acceptors (Lipinski definition) is 4. The van der Waals surface area contributed by atoms with Crippen LogP contribution in [0, 0.1) is 0 Å². The highest BCUT2D eigenvalue weighted by atomic mass is 16.5. The molecule has 2 aromatic carbocycles. The van der Waals surface area contributed by atoms with Crippen LogP contribution in [-0.4, -0.2) is 13.0 Å². The second kappa shape index (κ2) is 5.73. The zero-order valence-corrected chi connectivity index (χ0v) is 11.8. The first-order valence-corrected chi connectivity index (χ1v) is 6.65. The maximum atomic E-state index is 12.2. The SMILES string of the molecule is COc1ccc(C(=O)Nc2ccc3oc(=O)ccc3c2)cc1. The average molecular weight is 295 g/mol. The summed E-state index contributed by atoms with van der Waals surface area (Å²) in [6.07, 6.45) is 0. The largest absolute Gasteiger partial charge is 0.497 e. The Bertz CT molecular complexity index is 881. The monoisotopic (exact) mass is 295 g/mol. The van der Waals surface area contributed by atoms with Crippen LogP contribution in [0.15, 0.2) is 63.8 Å². The van der Waals surface area contributed by atoms with E-state index in [9.17, 15) is 9.59 Å². The quantitative estimate of drug-likeness (QED) is 0.754. The molecule has 1 heterocycles. The van der Waals surface area contributed by atoms with Crippen molar-refractivity contribution in [2.75, 3.05) is 12.4 Å². The summed E-state index contributed by atoms with van der Waals surface area (Å²) in [4.78, 5) is 23.3. The minimum atomic E-state index is -0.400. The van der Waals surface area contributed by atoms with Crippen LogP contribution in [0.25, 0.3) is 11.0 Å². The first-order valence-electron chi connectivity index (χ1n) is 6.65. The molecular weight excluding hydrogens is 282 g/mol. The van der Waals surface area contributed by atoms with Crippen molar-refractivity contribution in [3.8, 4) is 5.75 Å². The van der Waals surface area contributed by atoms with Crippen LogP contribution in [0.3, 0.4) is 0 Å². The fourth-order valence-electron chi connectivity index (χ4n) is 2.10. The fraction of sp³-hybridized carbons (Fsp3) is 0.0588. The Balaban J connectivity index is 1.83. The topological polar surface area (TPSA) is 68.5 Å². The Morgan fingerprint density at radius 2 is 1.82 bits per heavy atom. The number of ether oxygens (including phenoxy) is 1. The van der Waals surface area contributed by atoms with E-state index in [1.807, 2.05) is 0 Å². The number of fused-ring (bicyclic) bond motifs is 1. The van der Waals surface area contributed by atoms with Crippen LogP contribution in [0.5, 0.6) is 5.75 Å². The fourth-order valence-corrected chi connectivity index (χ4v) is 2.10. The molecule has 0 saturated heterocycles. The van der Waals surface area contributed by atoms with Crippen molar-refractivity contribution in [1.82, 2.24) is 0 Å². The molecular formula is C17H13NO4. The number of carbonyl (C=O) groups is 1. The Morgan fingerprint density at radius 3 is 2.55 bits per heavy atom. The van der Waals surface area contributed by atoms with E-state index >= 15 is 0 Å². The van der Waals surface area contributed by atoms with Crippen LogP contribution >= 0.6 is 0 Å². The van der Waals surface area contributed by atoms with E-state index < -0.39 is 5.63 Å². The molecule has 22 heavy (non-hydrogen) atoms. The van der Waals surface area contributed by atoms with Gasteiger partial charge in [-0.3, -0.25) is 4.79 Å². The predicted molar refractivity (Wildman–Crippen MR) is 83.4 cm³/mol.